The lowest BCUT2D eigenvalue weighted by Gasteiger charge is -2.30. The van der Waals surface area contributed by atoms with Crippen molar-refractivity contribution in [2.24, 2.45) is 16.6 Å². The van der Waals surface area contributed by atoms with E-state index in [1.807, 2.05) is 12.1 Å². The number of rotatable bonds is 13. The van der Waals surface area contributed by atoms with Crippen molar-refractivity contribution >= 4 is 35.8 Å². The molecule has 1 aromatic rings. The van der Waals surface area contributed by atoms with Gasteiger partial charge in [0.2, 0.25) is 5.91 Å². The van der Waals surface area contributed by atoms with Gasteiger partial charge in [-0.15, -0.1) is 24.0 Å². The standard InChI is InChI=1S/C21H37N5O3.HI/c1-2-23-21(25-11-6-15-28-17-19-7-5-16-29-19)24-10-3-4-12-26-13-8-18(9-14-26)20(22)27;/h5,7,16,18H,2-4,6,8-15,17H2,1H3,(H2,22,27)(H2,23,24,25);1H. The summed E-state index contributed by atoms with van der Waals surface area (Å²) >= 11 is 0. The molecular weight excluding hydrogens is 497 g/mol. The van der Waals surface area contributed by atoms with Crippen LogP contribution in [0.4, 0.5) is 0 Å². The Bertz CT molecular complexity index is 589. The number of aliphatic imine (C=N–C) groups is 1. The van der Waals surface area contributed by atoms with E-state index in [0.29, 0.717) is 13.2 Å². The van der Waals surface area contributed by atoms with E-state index >= 15 is 0 Å². The number of carbonyl (C=O) groups excluding carboxylic acids is 1. The Labute approximate surface area is 197 Å². The highest BCUT2D eigenvalue weighted by Crippen LogP contribution is 2.16. The summed E-state index contributed by atoms with van der Waals surface area (Å²) in [7, 11) is 0. The summed E-state index contributed by atoms with van der Waals surface area (Å²) < 4.78 is 10.8. The van der Waals surface area contributed by atoms with Gasteiger partial charge in [-0.25, -0.2) is 0 Å². The molecule has 0 spiro atoms. The lowest BCUT2D eigenvalue weighted by atomic mass is 9.96. The molecule has 8 nitrogen and oxygen atoms in total. The predicted octanol–water partition coefficient (Wildman–Crippen LogP) is 2.34. The Morgan fingerprint density at radius 2 is 2.10 bits per heavy atom. The van der Waals surface area contributed by atoms with Crippen molar-refractivity contribution in [3.05, 3.63) is 24.2 Å². The summed E-state index contributed by atoms with van der Waals surface area (Å²) in [6, 6.07) is 3.78. The Hall–Kier alpha value is -1.33. The molecule has 172 valence electrons. The van der Waals surface area contributed by atoms with Gasteiger partial charge in [-0.1, -0.05) is 0 Å². The first-order valence-electron chi connectivity index (χ1n) is 10.8. The first-order valence-corrected chi connectivity index (χ1v) is 10.8. The van der Waals surface area contributed by atoms with Crippen LogP contribution in [0.25, 0.3) is 0 Å². The van der Waals surface area contributed by atoms with E-state index < -0.39 is 0 Å². The molecule has 9 heteroatoms. The minimum Gasteiger partial charge on any atom is -0.467 e. The van der Waals surface area contributed by atoms with E-state index in [1.165, 1.54) is 0 Å². The van der Waals surface area contributed by atoms with Crippen molar-refractivity contribution in [2.45, 2.75) is 45.6 Å². The molecule has 0 radical (unpaired) electrons. The molecule has 2 rings (SSSR count). The molecule has 0 aliphatic carbocycles. The van der Waals surface area contributed by atoms with E-state index in [1.54, 1.807) is 6.26 Å². The summed E-state index contributed by atoms with van der Waals surface area (Å²) in [5, 5.41) is 6.68. The van der Waals surface area contributed by atoms with E-state index in [2.05, 4.69) is 27.4 Å². The SMILES string of the molecule is CCNC(=NCCCOCc1ccco1)NCCCCN1CCC(C(N)=O)CC1.I. The third-order valence-electron chi connectivity index (χ3n) is 5.07. The highest BCUT2D eigenvalue weighted by atomic mass is 127. The van der Waals surface area contributed by atoms with Crippen molar-refractivity contribution in [3.63, 3.8) is 0 Å². The summed E-state index contributed by atoms with van der Waals surface area (Å²) in [5.74, 6) is 1.64. The number of piperidine rings is 1. The molecule has 1 aliphatic rings. The Morgan fingerprint density at radius 1 is 1.30 bits per heavy atom. The lowest BCUT2D eigenvalue weighted by molar-refractivity contribution is -0.123. The first kappa shape index (κ1) is 26.7. The molecule has 0 unspecified atom stereocenters. The van der Waals surface area contributed by atoms with Crippen molar-refractivity contribution in [3.8, 4) is 0 Å². The number of hydrogen-bond donors (Lipinski definition) is 3. The fraction of sp³-hybridized carbons (Fsp3) is 0.714. The van der Waals surface area contributed by atoms with Crippen molar-refractivity contribution < 1.29 is 13.9 Å². The normalized spacial score (nSPS) is 15.6. The first-order chi connectivity index (χ1) is 14.2. The van der Waals surface area contributed by atoms with Crippen LogP contribution in [0.1, 0.15) is 44.8 Å². The van der Waals surface area contributed by atoms with Crippen LogP contribution in [-0.4, -0.2) is 62.6 Å². The van der Waals surface area contributed by atoms with Crippen molar-refractivity contribution in [2.75, 3.05) is 45.9 Å². The van der Waals surface area contributed by atoms with Crippen LogP contribution in [0.3, 0.4) is 0 Å². The Balaban J connectivity index is 0.00000450. The molecule has 0 aromatic carbocycles. The summed E-state index contributed by atoms with van der Waals surface area (Å²) in [4.78, 5) is 18.2. The number of likely N-dealkylation sites (tertiary alicyclic amines) is 1. The summed E-state index contributed by atoms with van der Waals surface area (Å²) in [6.07, 6.45) is 6.55. The highest BCUT2D eigenvalue weighted by molar-refractivity contribution is 14.0. The molecule has 1 saturated heterocycles. The van der Waals surface area contributed by atoms with E-state index in [-0.39, 0.29) is 35.8 Å². The van der Waals surface area contributed by atoms with Crippen LogP contribution in [0.5, 0.6) is 0 Å². The number of hydrogen-bond acceptors (Lipinski definition) is 5. The van der Waals surface area contributed by atoms with Gasteiger partial charge in [0, 0.05) is 32.2 Å². The Kier molecular flexibility index (Phi) is 14.6. The minimum atomic E-state index is -0.145. The van der Waals surface area contributed by atoms with Gasteiger partial charge in [-0.05, 0) is 70.8 Å². The number of halogens is 1. The van der Waals surface area contributed by atoms with Crippen molar-refractivity contribution in [1.29, 1.82) is 0 Å². The molecule has 1 aromatic heterocycles. The highest BCUT2D eigenvalue weighted by Gasteiger charge is 2.22. The van der Waals surface area contributed by atoms with Gasteiger partial charge >= 0.3 is 0 Å². The topological polar surface area (TPSA) is 105 Å². The number of nitrogens with two attached hydrogens (primary N) is 1. The van der Waals surface area contributed by atoms with Gasteiger partial charge in [0.25, 0.3) is 0 Å². The van der Waals surface area contributed by atoms with E-state index in [4.69, 9.17) is 14.9 Å². The monoisotopic (exact) mass is 535 g/mol. The predicted molar refractivity (Wildman–Crippen MR) is 130 cm³/mol. The zero-order chi connectivity index (χ0) is 20.7. The van der Waals surface area contributed by atoms with Crippen LogP contribution >= 0.6 is 24.0 Å². The molecule has 0 saturated carbocycles. The molecule has 4 N–H and O–H groups in total. The second-order valence-electron chi connectivity index (χ2n) is 7.40. The number of furan rings is 1. The molecular formula is C21H38IN5O3. The molecule has 0 atom stereocenters. The average Bonchev–Trinajstić information content (AvgIpc) is 3.24. The number of primary amides is 1. The van der Waals surface area contributed by atoms with Crippen LogP contribution in [0, 0.1) is 5.92 Å². The zero-order valence-corrected chi connectivity index (χ0v) is 20.4. The van der Waals surface area contributed by atoms with Crippen LogP contribution in [0.15, 0.2) is 27.8 Å². The van der Waals surface area contributed by atoms with Gasteiger partial charge in [-0.2, -0.15) is 0 Å². The summed E-state index contributed by atoms with van der Waals surface area (Å²) in [6.45, 7) is 8.75. The van der Waals surface area contributed by atoms with Gasteiger partial charge in [-0.3, -0.25) is 9.79 Å². The largest absolute Gasteiger partial charge is 0.467 e. The van der Waals surface area contributed by atoms with Gasteiger partial charge in [0.1, 0.15) is 12.4 Å². The van der Waals surface area contributed by atoms with Gasteiger partial charge < -0.3 is 30.4 Å². The fourth-order valence-corrected chi connectivity index (χ4v) is 3.37. The number of guanidine groups is 1. The van der Waals surface area contributed by atoms with E-state index in [0.717, 1.165) is 83.1 Å². The van der Waals surface area contributed by atoms with Crippen LogP contribution in [-0.2, 0) is 16.1 Å². The molecule has 2 heterocycles. The maximum Gasteiger partial charge on any atom is 0.220 e. The number of nitrogens with one attached hydrogen (secondary N) is 2. The second kappa shape index (κ2) is 16.4. The van der Waals surface area contributed by atoms with E-state index in [9.17, 15) is 4.79 Å². The zero-order valence-electron chi connectivity index (χ0n) is 18.1. The third-order valence-corrected chi connectivity index (χ3v) is 5.07. The molecule has 1 aliphatic heterocycles. The van der Waals surface area contributed by atoms with Crippen LogP contribution < -0.4 is 16.4 Å². The number of amides is 1. The number of ether oxygens (including phenoxy) is 1. The maximum absolute atomic E-state index is 11.2. The van der Waals surface area contributed by atoms with Gasteiger partial charge in [0.05, 0.1) is 6.26 Å². The Morgan fingerprint density at radius 3 is 2.77 bits per heavy atom. The van der Waals surface area contributed by atoms with Crippen molar-refractivity contribution in [1.82, 2.24) is 15.5 Å². The smallest absolute Gasteiger partial charge is 0.220 e. The summed E-state index contributed by atoms with van der Waals surface area (Å²) in [5.41, 5.74) is 5.39. The molecule has 1 amide bonds. The quantitative estimate of drug-likeness (QED) is 0.155. The lowest BCUT2D eigenvalue weighted by Crippen LogP contribution is -2.39. The van der Waals surface area contributed by atoms with Gasteiger partial charge in [0.15, 0.2) is 5.96 Å². The minimum absolute atomic E-state index is 0. The molecule has 30 heavy (non-hydrogen) atoms. The third kappa shape index (κ3) is 11.2. The molecule has 0 bridgehead atoms. The maximum atomic E-state index is 11.2. The average molecular weight is 535 g/mol. The second-order valence-corrected chi connectivity index (χ2v) is 7.40. The van der Waals surface area contributed by atoms with Crippen LogP contribution in [0.2, 0.25) is 0 Å². The number of carbonyl (C=O) groups is 1. The number of unbranched alkanes of at least 4 members (excludes halogenated alkanes) is 1. The number of nitrogens with zero attached hydrogens (tertiary/aromatic N) is 2. The fourth-order valence-electron chi connectivity index (χ4n) is 3.37. The molecule has 1 fully saturated rings.